The number of hydrogen-bond donors (Lipinski definition) is 2. The third-order valence-electron chi connectivity index (χ3n) is 3.27. The number of nitrogens with zero attached hydrogens (tertiary/aromatic N) is 2. The zero-order valence-corrected chi connectivity index (χ0v) is 11.4. The lowest BCUT2D eigenvalue weighted by atomic mass is 10.0. The highest BCUT2D eigenvalue weighted by Gasteiger charge is 2.03. The second kappa shape index (κ2) is 6.05. The molecule has 0 aliphatic rings. The van der Waals surface area contributed by atoms with Gasteiger partial charge in [-0.1, -0.05) is 30.3 Å². The molecule has 0 aliphatic carbocycles. The summed E-state index contributed by atoms with van der Waals surface area (Å²) in [6.45, 7) is 0.616. The van der Waals surface area contributed by atoms with Crippen molar-refractivity contribution >= 4 is 17.0 Å². The van der Waals surface area contributed by atoms with Crippen LogP contribution in [0, 0.1) is 0 Å². The monoisotopic (exact) mass is 277 g/mol. The molecule has 2 aromatic carbocycles. The minimum Gasteiger partial charge on any atom is -0.507 e. The quantitative estimate of drug-likeness (QED) is 0.569. The van der Waals surface area contributed by atoms with Crippen LogP contribution in [0.1, 0.15) is 11.1 Å². The maximum absolute atomic E-state index is 10.00. The van der Waals surface area contributed by atoms with Crippen LogP contribution in [0.15, 0.2) is 66.0 Å². The van der Waals surface area contributed by atoms with E-state index >= 15 is 0 Å². The summed E-state index contributed by atoms with van der Waals surface area (Å²) in [6, 6.07) is 15.3. The second-order valence-electron chi connectivity index (χ2n) is 4.67. The Labute approximate surface area is 122 Å². The van der Waals surface area contributed by atoms with Gasteiger partial charge in [-0.15, -0.1) is 0 Å². The van der Waals surface area contributed by atoms with Crippen molar-refractivity contribution in [3.63, 3.8) is 0 Å². The molecule has 0 aliphatic heterocycles. The Kier molecular flexibility index (Phi) is 3.78. The van der Waals surface area contributed by atoms with Gasteiger partial charge in [0, 0.05) is 18.0 Å². The highest BCUT2D eigenvalue weighted by atomic mass is 16.3. The number of aromatic hydroxyl groups is 1. The van der Waals surface area contributed by atoms with Crippen LogP contribution in [-0.2, 0) is 6.54 Å². The highest BCUT2D eigenvalue weighted by molar-refractivity contribution is 6.02. The fourth-order valence-electron chi connectivity index (χ4n) is 2.17. The molecule has 4 nitrogen and oxygen atoms in total. The number of pyridine rings is 1. The van der Waals surface area contributed by atoms with E-state index in [0.29, 0.717) is 6.54 Å². The van der Waals surface area contributed by atoms with E-state index in [0.717, 1.165) is 21.9 Å². The van der Waals surface area contributed by atoms with Gasteiger partial charge in [-0.2, -0.15) is 5.10 Å². The molecule has 0 saturated heterocycles. The SMILES string of the molecule is Oc1ccc2ccccc2c1C=NNCc1ccncc1. The number of phenols is 1. The van der Waals surface area contributed by atoms with Gasteiger partial charge in [0.1, 0.15) is 5.75 Å². The molecule has 0 fully saturated rings. The van der Waals surface area contributed by atoms with E-state index in [-0.39, 0.29) is 5.75 Å². The van der Waals surface area contributed by atoms with Crippen molar-refractivity contribution in [3.05, 3.63) is 72.1 Å². The summed E-state index contributed by atoms with van der Waals surface area (Å²) in [5, 5.41) is 16.2. The molecule has 0 saturated carbocycles. The molecular weight excluding hydrogens is 262 g/mol. The minimum absolute atomic E-state index is 0.225. The van der Waals surface area contributed by atoms with Crippen molar-refractivity contribution in [2.24, 2.45) is 5.10 Å². The van der Waals surface area contributed by atoms with E-state index in [4.69, 9.17) is 0 Å². The summed E-state index contributed by atoms with van der Waals surface area (Å²) >= 11 is 0. The minimum atomic E-state index is 0.225. The summed E-state index contributed by atoms with van der Waals surface area (Å²) in [5.74, 6) is 0.225. The van der Waals surface area contributed by atoms with Gasteiger partial charge in [-0.05, 0) is 34.5 Å². The van der Waals surface area contributed by atoms with Gasteiger partial charge in [-0.3, -0.25) is 4.98 Å². The van der Waals surface area contributed by atoms with Crippen LogP contribution < -0.4 is 5.43 Å². The average Bonchev–Trinajstić information content (AvgIpc) is 2.54. The molecule has 3 aromatic rings. The maximum atomic E-state index is 10.00. The molecule has 0 bridgehead atoms. The van der Waals surface area contributed by atoms with Gasteiger partial charge in [-0.25, -0.2) is 0 Å². The normalized spacial score (nSPS) is 11.0. The molecule has 0 spiro atoms. The van der Waals surface area contributed by atoms with E-state index in [1.807, 2.05) is 42.5 Å². The number of phenolic OH excluding ortho intramolecular Hbond substituents is 1. The molecular formula is C17H15N3O. The number of fused-ring (bicyclic) bond motifs is 1. The molecule has 0 atom stereocenters. The van der Waals surface area contributed by atoms with Crippen molar-refractivity contribution in [1.29, 1.82) is 0 Å². The molecule has 1 heterocycles. The van der Waals surface area contributed by atoms with Gasteiger partial charge in [0.15, 0.2) is 0 Å². The third kappa shape index (κ3) is 3.00. The second-order valence-corrected chi connectivity index (χ2v) is 4.67. The third-order valence-corrected chi connectivity index (χ3v) is 3.27. The van der Waals surface area contributed by atoms with Crippen LogP contribution in [0.2, 0.25) is 0 Å². The zero-order chi connectivity index (χ0) is 14.5. The molecule has 104 valence electrons. The Bertz CT molecular complexity index is 769. The molecule has 1 aromatic heterocycles. The summed E-state index contributed by atoms with van der Waals surface area (Å²) in [5.41, 5.74) is 4.79. The molecule has 0 amide bonds. The summed E-state index contributed by atoms with van der Waals surface area (Å²) in [6.07, 6.45) is 5.15. The van der Waals surface area contributed by atoms with Crippen molar-refractivity contribution < 1.29 is 5.11 Å². The first-order chi connectivity index (χ1) is 10.3. The van der Waals surface area contributed by atoms with Gasteiger partial charge >= 0.3 is 0 Å². The van der Waals surface area contributed by atoms with E-state index < -0.39 is 0 Å². The first-order valence-electron chi connectivity index (χ1n) is 6.70. The van der Waals surface area contributed by atoms with E-state index in [1.54, 1.807) is 24.7 Å². The van der Waals surface area contributed by atoms with Crippen LogP contribution in [0.25, 0.3) is 10.8 Å². The zero-order valence-electron chi connectivity index (χ0n) is 11.4. The van der Waals surface area contributed by atoms with Crippen LogP contribution in [0.3, 0.4) is 0 Å². The predicted molar refractivity (Wildman–Crippen MR) is 84.3 cm³/mol. The lowest BCUT2D eigenvalue weighted by Gasteiger charge is -2.05. The lowest BCUT2D eigenvalue weighted by Crippen LogP contribution is -2.05. The van der Waals surface area contributed by atoms with Crippen LogP contribution in [0.4, 0.5) is 0 Å². The van der Waals surface area contributed by atoms with Crippen LogP contribution in [-0.4, -0.2) is 16.3 Å². The largest absolute Gasteiger partial charge is 0.507 e. The first kappa shape index (κ1) is 13.1. The van der Waals surface area contributed by atoms with Crippen molar-refractivity contribution in [2.45, 2.75) is 6.54 Å². The number of rotatable bonds is 4. The van der Waals surface area contributed by atoms with Crippen LogP contribution in [0.5, 0.6) is 5.75 Å². The molecule has 4 heteroatoms. The Hall–Kier alpha value is -2.88. The topological polar surface area (TPSA) is 57.5 Å². The first-order valence-corrected chi connectivity index (χ1v) is 6.70. The number of aromatic nitrogens is 1. The van der Waals surface area contributed by atoms with Gasteiger partial charge in [0.05, 0.1) is 12.8 Å². The molecule has 2 N–H and O–H groups in total. The standard InChI is InChI=1S/C17H15N3O/c21-17-6-5-14-3-1-2-4-15(14)16(17)12-20-19-11-13-7-9-18-10-8-13/h1-10,12,19,21H,11H2. The Morgan fingerprint density at radius 2 is 1.86 bits per heavy atom. The number of nitrogens with one attached hydrogen (secondary N) is 1. The summed E-state index contributed by atoms with van der Waals surface area (Å²) < 4.78 is 0. The van der Waals surface area contributed by atoms with Crippen molar-refractivity contribution in [1.82, 2.24) is 10.4 Å². The fourth-order valence-corrected chi connectivity index (χ4v) is 2.17. The predicted octanol–water partition coefficient (Wildman–Crippen LogP) is 3.06. The van der Waals surface area contributed by atoms with Crippen molar-refractivity contribution in [3.8, 4) is 5.75 Å². The van der Waals surface area contributed by atoms with Crippen molar-refractivity contribution in [2.75, 3.05) is 0 Å². The Morgan fingerprint density at radius 3 is 2.71 bits per heavy atom. The Balaban J connectivity index is 1.78. The van der Waals surface area contributed by atoms with Gasteiger partial charge in [0.25, 0.3) is 0 Å². The number of hydrazone groups is 1. The fraction of sp³-hybridized carbons (Fsp3) is 0.0588. The maximum Gasteiger partial charge on any atom is 0.125 e. The van der Waals surface area contributed by atoms with Gasteiger partial charge in [0.2, 0.25) is 0 Å². The smallest absolute Gasteiger partial charge is 0.125 e. The Morgan fingerprint density at radius 1 is 1.05 bits per heavy atom. The molecule has 3 rings (SSSR count). The van der Waals surface area contributed by atoms with E-state index in [1.165, 1.54) is 0 Å². The molecule has 0 radical (unpaired) electrons. The molecule has 21 heavy (non-hydrogen) atoms. The summed E-state index contributed by atoms with van der Waals surface area (Å²) in [4.78, 5) is 3.97. The highest BCUT2D eigenvalue weighted by Crippen LogP contribution is 2.25. The molecule has 0 unspecified atom stereocenters. The summed E-state index contributed by atoms with van der Waals surface area (Å²) in [7, 11) is 0. The van der Waals surface area contributed by atoms with Crippen LogP contribution >= 0.6 is 0 Å². The number of hydrogen-bond acceptors (Lipinski definition) is 4. The lowest BCUT2D eigenvalue weighted by molar-refractivity contribution is 0.475. The van der Waals surface area contributed by atoms with E-state index in [9.17, 15) is 5.11 Å². The average molecular weight is 277 g/mol. The number of benzene rings is 2. The van der Waals surface area contributed by atoms with Gasteiger partial charge < -0.3 is 10.5 Å². The van der Waals surface area contributed by atoms with E-state index in [2.05, 4.69) is 15.5 Å².